The Balaban J connectivity index is 2.08. The number of hydrogen-bond donors (Lipinski definition) is 1. The van der Waals surface area contributed by atoms with Crippen LogP contribution in [0.4, 0.5) is 10.1 Å². The second-order valence-corrected chi connectivity index (χ2v) is 3.54. The molecule has 0 atom stereocenters. The summed E-state index contributed by atoms with van der Waals surface area (Å²) in [6, 6.07) is 6.76. The smallest absolute Gasteiger partial charge is 0.146 e. The number of halogens is 1. The van der Waals surface area contributed by atoms with Crippen molar-refractivity contribution in [1.82, 2.24) is 9.97 Å². The van der Waals surface area contributed by atoms with E-state index in [2.05, 4.69) is 15.3 Å². The van der Waals surface area contributed by atoms with Gasteiger partial charge in [0.2, 0.25) is 0 Å². The van der Waals surface area contributed by atoms with Crippen molar-refractivity contribution < 1.29 is 4.39 Å². The number of rotatable bonds is 3. The van der Waals surface area contributed by atoms with Crippen LogP contribution in [0, 0.1) is 12.7 Å². The van der Waals surface area contributed by atoms with Crippen molar-refractivity contribution in [1.29, 1.82) is 0 Å². The lowest BCUT2D eigenvalue weighted by Gasteiger charge is -2.07. The Hall–Kier alpha value is -1.97. The minimum Gasteiger partial charge on any atom is -0.377 e. The third-order valence-electron chi connectivity index (χ3n) is 2.23. The molecule has 82 valence electrons. The fraction of sp³-hybridized carbons (Fsp3) is 0.167. The number of benzene rings is 1. The van der Waals surface area contributed by atoms with E-state index in [1.165, 1.54) is 12.4 Å². The monoisotopic (exact) mass is 217 g/mol. The Kier molecular flexibility index (Phi) is 3.10. The molecule has 0 aliphatic heterocycles. The summed E-state index contributed by atoms with van der Waals surface area (Å²) in [6.07, 6.45) is 3.14. The third-order valence-corrected chi connectivity index (χ3v) is 2.23. The fourth-order valence-electron chi connectivity index (χ4n) is 1.38. The van der Waals surface area contributed by atoms with Gasteiger partial charge in [-0.1, -0.05) is 6.07 Å². The predicted octanol–water partition coefficient (Wildman–Crippen LogP) is 2.54. The van der Waals surface area contributed by atoms with Crippen LogP contribution in [-0.4, -0.2) is 9.97 Å². The van der Waals surface area contributed by atoms with E-state index in [9.17, 15) is 4.39 Å². The molecule has 0 aliphatic rings. The zero-order valence-electron chi connectivity index (χ0n) is 8.94. The largest absolute Gasteiger partial charge is 0.377 e. The Labute approximate surface area is 93.4 Å². The summed E-state index contributed by atoms with van der Waals surface area (Å²) in [7, 11) is 0. The van der Waals surface area contributed by atoms with Crippen LogP contribution in [0.25, 0.3) is 0 Å². The van der Waals surface area contributed by atoms with Crippen LogP contribution in [0.3, 0.4) is 0 Å². The molecule has 1 aromatic heterocycles. The van der Waals surface area contributed by atoms with Gasteiger partial charge in [-0.2, -0.15) is 0 Å². The number of aromatic nitrogens is 2. The van der Waals surface area contributed by atoms with Crippen molar-refractivity contribution in [3.05, 3.63) is 53.9 Å². The van der Waals surface area contributed by atoms with Crippen LogP contribution in [0.15, 0.2) is 36.8 Å². The summed E-state index contributed by atoms with van der Waals surface area (Å²) in [6.45, 7) is 2.41. The lowest BCUT2D eigenvalue weighted by Crippen LogP contribution is -2.03. The van der Waals surface area contributed by atoms with E-state index in [0.29, 0.717) is 12.2 Å². The molecule has 1 N–H and O–H groups in total. The molecular weight excluding hydrogens is 205 g/mol. The SMILES string of the molecule is Cc1ccc(F)c(NCc2ccncn2)c1. The average molecular weight is 217 g/mol. The van der Waals surface area contributed by atoms with Crippen molar-refractivity contribution in [2.45, 2.75) is 13.5 Å². The van der Waals surface area contributed by atoms with Crippen LogP contribution in [0.2, 0.25) is 0 Å². The number of nitrogens with zero attached hydrogens (tertiary/aromatic N) is 2. The van der Waals surface area contributed by atoms with Gasteiger partial charge in [-0.25, -0.2) is 14.4 Å². The normalized spacial score (nSPS) is 10.1. The van der Waals surface area contributed by atoms with E-state index in [1.807, 2.05) is 6.92 Å². The molecule has 0 fully saturated rings. The topological polar surface area (TPSA) is 37.8 Å². The molecule has 0 radical (unpaired) electrons. The minimum atomic E-state index is -0.250. The van der Waals surface area contributed by atoms with Gasteiger partial charge >= 0.3 is 0 Å². The summed E-state index contributed by atoms with van der Waals surface area (Å²) >= 11 is 0. The van der Waals surface area contributed by atoms with Crippen LogP contribution < -0.4 is 5.32 Å². The lowest BCUT2D eigenvalue weighted by atomic mass is 10.2. The van der Waals surface area contributed by atoms with Gasteiger partial charge in [0.05, 0.1) is 17.9 Å². The Bertz CT molecular complexity index is 471. The first-order chi connectivity index (χ1) is 7.75. The molecule has 0 saturated heterocycles. The first-order valence-electron chi connectivity index (χ1n) is 5.00. The number of anilines is 1. The van der Waals surface area contributed by atoms with Gasteiger partial charge in [0, 0.05) is 6.20 Å². The van der Waals surface area contributed by atoms with E-state index in [-0.39, 0.29) is 5.82 Å². The van der Waals surface area contributed by atoms with Crippen LogP contribution in [-0.2, 0) is 6.54 Å². The molecule has 0 saturated carbocycles. The quantitative estimate of drug-likeness (QED) is 0.858. The third kappa shape index (κ3) is 2.53. The highest BCUT2D eigenvalue weighted by Gasteiger charge is 2.01. The van der Waals surface area contributed by atoms with Gasteiger partial charge in [0.15, 0.2) is 0 Å². The maximum absolute atomic E-state index is 13.4. The van der Waals surface area contributed by atoms with Gasteiger partial charge in [0.25, 0.3) is 0 Å². The molecule has 0 spiro atoms. The van der Waals surface area contributed by atoms with E-state index < -0.39 is 0 Å². The number of aryl methyl sites for hydroxylation is 1. The van der Waals surface area contributed by atoms with Gasteiger partial charge < -0.3 is 5.32 Å². The van der Waals surface area contributed by atoms with Crippen molar-refractivity contribution in [2.24, 2.45) is 0 Å². The molecule has 0 amide bonds. The summed E-state index contributed by atoms with van der Waals surface area (Å²) in [5, 5.41) is 3.00. The minimum absolute atomic E-state index is 0.250. The second kappa shape index (κ2) is 4.70. The van der Waals surface area contributed by atoms with Gasteiger partial charge in [0.1, 0.15) is 12.1 Å². The summed E-state index contributed by atoms with van der Waals surface area (Å²) < 4.78 is 13.4. The van der Waals surface area contributed by atoms with Crippen molar-refractivity contribution in [2.75, 3.05) is 5.32 Å². The molecule has 0 bridgehead atoms. The lowest BCUT2D eigenvalue weighted by molar-refractivity contribution is 0.629. The molecule has 0 aliphatic carbocycles. The van der Waals surface area contributed by atoms with E-state index in [1.54, 1.807) is 24.4 Å². The van der Waals surface area contributed by atoms with Crippen LogP contribution in [0.5, 0.6) is 0 Å². The highest BCUT2D eigenvalue weighted by molar-refractivity contribution is 5.47. The molecule has 3 nitrogen and oxygen atoms in total. The van der Waals surface area contributed by atoms with Crippen molar-refractivity contribution in [3.63, 3.8) is 0 Å². The highest BCUT2D eigenvalue weighted by atomic mass is 19.1. The predicted molar refractivity (Wildman–Crippen MR) is 60.5 cm³/mol. The highest BCUT2D eigenvalue weighted by Crippen LogP contribution is 2.16. The standard InChI is InChI=1S/C12H12FN3/c1-9-2-3-11(13)12(6-9)15-7-10-4-5-14-8-16-10/h2-6,8,15H,7H2,1H3. The van der Waals surface area contributed by atoms with Gasteiger partial charge in [-0.05, 0) is 30.7 Å². The van der Waals surface area contributed by atoms with Crippen molar-refractivity contribution in [3.8, 4) is 0 Å². The molecule has 1 heterocycles. The van der Waals surface area contributed by atoms with Gasteiger partial charge in [-0.15, -0.1) is 0 Å². The first-order valence-corrected chi connectivity index (χ1v) is 5.00. The van der Waals surface area contributed by atoms with Crippen LogP contribution in [0.1, 0.15) is 11.3 Å². The maximum Gasteiger partial charge on any atom is 0.146 e. The average Bonchev–Trinajstić information content (AvgIpc) is 2.32. The number of hydrogen-bond acceptors (Lipinski definition) is 3. The zero-order valence-corrected chi connectivity index (χ0v) is 8.94. The zero-order chi connectivity index (χ0) is 11.4. The number of nitrogens with one attached hydrogen (secondary N) is 1. The van der Waals surface area contributed by atoms with E-state index >= 15 is 0 Å². The molecule has 2 rings (SSSR count). The Morgan fingerprint density at radius 2 is 2.19 bits per heavy atom. The molecule has 1 aromatic carbocycles. The summed E-state index contributed by atoms with van der Waals surface area (Å²) in [5.74, 6) is -0.250. The van der Waals surface area contributed by atoms with E-state index in [4.69, 9.17) is 0 Å². The van der Waals surface area contributed by atoms with Gasteiger partial charge in [-0.3, -0.25) is 0 Å². The molecule has 2 aromatic rings. The Morgan fingerprint density at radius 3 is 2.94 bits per heavy atom. The van der Waals surface area contributed by atoms with Crippen LogP contribution >= 0.6 is 0 Å². The second-order valence-electron chi connectivity index (χ2n) is 3.54. The molecule has 16 heavy (non-hydrogen) atoms. The Morgan fingerprint density at radius 1 is 1.31 bits per heavy atom. The van der Waals surface area contributed by atoms with Crippen molar-refractivity contribution >= 4 is 5.69 Å². The summed E-state index contributed by atoms with van der Waals surface area (Å²) in [5.41, 5.74) is 2.35. The molecule has 4 heteroatoms. The summed E-state index contributed by atoms with van der Waals surface area (Å²) in [4.78, 5) is 7.87. The maximum atomic E-state index is 13.4. The first kappa shape index (κ1) is 10.5. The van der Waals surface area contributed by atoms with E-state index in [0.717, 1.165) is 11.3 Å². The fourth-order valence-corrected chi connectivity index (χ4v) is 1.38. The molecule has 0 unspecified atom stereocenters. The molecular formula is C12H12FN3.